The number of anilines is 1. The maximum atomic E-state index is 12.8. The third kappa shape index (κ3) is 3.24. The minimum Gasteiger partial charge on any atom is -0.353 e. The van der Waals surface area contributed by atoms with Gasteiger partial charge in [0, 0.05) is 31.0 Å². The van der Waals surface area contributed by atoms with Crippen LogP contribution in [0.2, 0.25) is 0 Å². The van der Waals surface area contributed by atoms with E-state index in [4.69, 9.17) is 0 Å². The standard InChI is InChI=1S/C13H15FN4/c1-15-6-7-16-13-17-8-11(9-18-13)10-2-4-12(14)5-3-10/h2-5,8-9,15H,6-7H2,1H3,(H,16,17,18). The van der Waals surface area contributed by atoms with Crippen LogP contribution in [0, 0.1) is 5.82 Å². The molecule has 0 saturated heterocycles. The third-order valence-corrected chi connectivity index (χ3v) is 2.49. The van der Waals surface area contributed by atoms with Crippen molar-refractivity contribution in [3.05, 3.63) is 42.5 Å². The summed E-state index contributed by atoms with van der Waals surface area (Å²) in [6, 6.07) is 6.27. The van der Waals surface area contributed by atoms with Crippen LogP contribution in [0.4, 0.5) is 10.3 Å². The molecule has 0 bridgehead atoms. The quantitative estimate of drug-likeness (QED) is 0.791. The number of nitrogens with one attached hydrogen (secondary N) is 2. The van der Waals surface area contributed by atoms with Gasteiger partial charge in [0.15, 0.2) is 0 Å². The highest BCUT2D eigenvalue weighted by atomic mass is 19.1. The lowest BCUT2D eigenvalue weighted by Gasteiger charge is -2.05. The van der Waals surface area contributed by atoms with E-state index < -0.39 is 0 Å². The van der Waals surface area contributed by atoms with E-state index in [0.29, 0.717) is 5.95 Å². The number of hydrogen-bond acceptors (Lipinski definition) is 4. The maximum Gasteiger partial charge on any atom is 0.222 e. The van der Waals surface area contributed by atoms with Crippen LogP contribution in [0.3, 0.4) is 0 Å². The van der Waals surface area contributed by atoms with E-state index in [1.807, 2.05) is 7.05 Å². The molecule has 0 radical (unpaired) electrons. The smallest absolute Gasteiger partial charge is 0.222 e. The Labute approximate surface area is 105 Å². The summed E-state index contributed by atoms with van der Waals surface area (Å²) in [4.78, 5) is 8.41. The minimum atomic E-state index is -0.245. The van der Waals surface area contributed by atoms with Gasteiger partial charge in [-0.1, -0.05) is 12.1 Å². The summed E-state index contributed by atoms with van der Waals surface area (Å²) in [5, 5.41) is 6.12. The molecule has 94 valence electrons. The van der Waals surface area contributed by atoms with Crippen molar-refractivity contribution in [2.75, 3.05) is 25.5 Å². The molecule has 2 aromatic rings. The van der Waals surface area contributed by atoms with Crippen molar-refractivity contribution in [3.8, 4) is 11.1 Å². The fraction of sp³-hybridized carbons (Fsp3) is 0.231. The van der Waals surface area contributed by atoms with Gasteiger partial charge in [0.25, 0.3) is 0 Å². The molecule has 0 atom stereocenters. The summed E-state index contributed by atoms with van der Waals surface area (Å²) in [6.45, 7) is 1.62. The molecule has 0 amide bonds. The van der Waals surface area contributed by atoms with E-state index in [1.54, 1.807) is 24.5 Å². The molecule has 0 aliphatic carbocycles. The van der Waals surface area contributed by atoms with Crippen molar-refractivity contribution in [1.82, 2.24) is 15.3 Å². The first-order valence-corrected chi connectivity index (χ1v) is 5.76. The molecule has 5 heteroatoms. The van der Waals surface area contributed by atoms with E-state index in [0.717, 1.165) is 24.2 Å². The molecule has 0 aliphatic heterocycles. The Morgan fingerprint density at radius 2 is 1.67 bits per heavy atom. The molecule has 1 aromatic carbocycles. The van der Waals surface area contributed by atoms with Crippen molar-refractivity contribution in [3.63, 3.8) is 0 Å². The Balaban J connectivity index is 2.05. The molecule has 1 heterocycles. The van der Waals surface area contributed by atoms with Gasteiger partial charge in [0.05, 0.1) is 0 Å². The SMILES string of the molecule is CNCCNc1ncc(-c2ccc(F)cc2)cn1. The number of hydrogen-bond donors (Lipinski definition) is 2. The molecule has 0 aliphatic rings. The van der Waals surface area contributed by atoms with Crippen LogP contribution in [0.25, 0.3) is 11.1 Å². The average Bonchev–Trinajstić information content (AvgIpc) is 2.41. The van der Waals surface area contributed by atoms with Gasteiger partial charge in [-0.2, -0.15) is 0 Å². The highest BCUT2D eigenvalue weighted by molar-refractivity contribution is 5.61. The Morgan fingerprint density at radius 1 is 1.00 bits per heavy atom. The molecule has 0 fully saturated rings. The molecule has 2 rings (SSSR count). The number of likely N-dealkylation sites (N-methyl/N-ethyl adjacent to an activating group) is 1. The topological polar surface area (TPSA) is 49.8 Å². The second-order valence-corrected chi connectivity index (χ2v) is 3.83. The number of nitrogens with zero attached hydrogens (tertiary/aromatic N) is 2. The summed E-state index contributed by atoms with van der Waals surface area (Å²) in [6.07, 6.45) is 3.45. The first-order chi connectivity index (χ1) is 8.79. The van der Waals surface area contributed by atoms with Gasteiger partial charge in [-0.3, -0.25) is 0 Å². The molecule has 18 heavy (non-hydrogen) atoms. The molecule has 0 spiro atoms. The number of benzene rings is 1. The first kappa shape index (κ1) is 12.4. The van der Waals surface area contributed by atoms with Crippen molar-refractivity contribution in [1.29, 1.82) is 0 Å². The monoisotopic (exact) mass is 246 g/mol. The fourth-order valence-corrected chi connectivity index (χ4v) is 1.51. The van der Waals surface area contributed by atoms with Crippen molar-refractivity contribution < 1.29 is 4.39 Å². The molecule has 1 aromatic heterocycles. The van der Waals surface area contributed by atoms with Crippen molar-refractivity contribution in [2.45, 2.75) is 0 Å². The largest absolute Gasteiger partial charge is 0.353 e. The van der Waals surface area contributed by atoms with Gasteiger partial charge in [0.1, 0.15) is 5.82 Å². The van der Waals surface area contributed by atoms with Crippen LogP contribution < -0.4 is 10.6 Å². The molecular formula is C13H15FN4. The van der Waals surface area contributed by atoms with Gasteiger partial charge in [0.2, 0.25) is 5.95 Å². The summed E-state index contributed by atoms with van der Waals surface area (Å²) in [7, 11) is 1.89. The number of aromatic nitrogens is 2. The Hall–Kier alpha value is -2.01. The Bertz CT molecular complexity index is 481. The lowest BCUT2D eigenvalue weighted by molar-refractivity contribution is 0.628. The Morgan fingerprint density at radius 3 is 2.28 bits per heavy atom. The van der Waals surface area contributed by atoms with Crippen LogP contribution >= 0.6 is 0 Å². The normalized spacial score (nSPS) is 10.3. The predicted octanol–water partition coefficient (Wildman–Crippen LogP) is 1.91. The summed E-state index contributed by atoms with van der Waals surface area (Å²) < 4.78 is 12.8. The van der Waals surface area contributed by atoms with Gasteiger partial charge in [-0.15, -0.1) is 0 Å². The van der Waals surface area contributed by atoms with E-state index >= 15 is 0 Å². The lowest BCUT2D eigenvalue weighted by atomic mass is 10.1. The lowest BCUT2D eigenvalue weighted by Crippen LogP contribution is -2.18. The van der Waals surface area contributed by atoms with Crippen LogP contribution in [0.1, 0.15) is 0 Å². The van der Waals surface area contributed by atoms with Crippen LogP contribution in [0.15, 0.2) is 36.7 Å². The fourth-order valence-electron chi connectivity index (χ4n) is 1.51. The van der Waals surface area contributed by atoms with Gasteiger partial charge in [-0.25, -0.2) is 14.4 Å². The maximum absolute atomic E-state index is 12.8. The zero-order chi connectivity index (χ0) is 12.8. The highest BCUT2D eigenvalue weighted by Crippen LogP contribution is 2.18. The van der Waals surface area contributed by atoms with Gasteiger partial charge in [-0.05, 0) is 24.7 Å². The first-order valence-electron chi connectivity index (χ1n) is 5.76. The number of halogens is 1. The van der Waals surface area contributed by atoms with E-state index in [9.17, 15) is 4.39 Å². The second-order valence-electron chi connectivity index (χ2n) is 3.83. The van der Waals surface area contributed by atoms with Crippen molar-refractivity contribution in [2.24, 2.45) is 0 Å². The summed E-state index contributed by atoms with van der Waals surface area (Å²) in [5.41, 5.74) is 1.77. The van der Waals surface area contributed by atoms with Gasteiger partial charge >= 0.3 is 0 Å². The number of rotatable bonds is 5. The van der Waals surface area contributed by atoms with Crippen LogP contribution in [-0.4, -0.2) is 30.1 Å². The molecule has 0 unspecified atom stereocenters. The molecule has 2 N–H and O–H groups in total. The van der Waals surface area contributed by atoms with Gasteiger partial charge < -0.3 is 10.6 Å². The zero-order valence-corrected chi connectivity index (χ0v) is 10.2. The predicted molar refractivity (Wildman–Crippen MR) is 69.8 cm³/mol. The van der Waals surface area contributed by atoms with Crippen LogP contribution in [-0.2, 0) is 0 Å². The summed E-state index contributed by atoms with van der Waals surface area (Å²) in [5.74, 6) is 0.348. The highest BCUT2D eigenvalue weighted by Gasteiger charge is 2.00. The van der Waals surface area contributed by atoms with E-state index in [2.05, 4.69) is 20.6 Å². The van der Waals surface area contributed by atoms with Crippen molar-refractivity contribution >= 4 is 5.95 Å². The van der Waals surface area contributed by atoms with E-state index in [1.165, 1.54) is 12.1 Å². The minimum absolute atomic E-state index is 0.245. The Kier molecular flexibility index (Phi) is 4.20. The molecule has 0 saturated carbocycles. The average molecular weight is 246 g/mol. The summed E-state index contributed by atoms with van der Waals surface area (Å²) >= 11 is 0. The zero-order valence-electron chi connectivity index (χ0n) is 10.2. The van der Waals surface area contributed by atoms with Crippen LogP contribution in [0.5, 0.6) is 0 Å². The third-order valence-electron chi connectivity index (χ3n) is 2.49. The second kappa shape index (κ2) is 6.07. The molecule has 4 nitrogen and oxygen atoms in total. The molecular weight excluding hydrogens is 231 g/mol. The van der Waals surface area contributed by atoms with E-state index in [-0.39, 0.29) is 5.82 Å².